The highest BCUT2D eigenvalue weighted by Crippen LogP contribution is 2.22. The van der Waals surface area contributed by atoms with E-state index >= 15 is 0 Å². The van der Waals surface area contributed by atoms with Crippen LogP contribution in [0.3, 0.4) is 0 Å². The quantitative estimate of drug-likeness (QED) is 0.590. The van der Waals surface area contributed by atoms with E-state index in [9.17, 15) is 0 Å². The van der Waals surface area contributed by atoms with E-state index in [0.29, 0.717) is 0 Å². The molecule has 0 saturated carbocycles. The van der Waals surface area contributed by atoms with Gasteiger partial charge in [0, 0.05) is 5.25 Å². The van der Waals surface area contributed by atoms with Crippen molar-refractivity contribution in [1.29, 1.82) is 0 Å². The molecule has 0 fully saturated rings. The summed E-state index contributed by atoms with van der Waals surface area (Å²) < 4.78 is 0. The molecule has 0 aromatic heterocycles. The standard InChI is InChI=1S/C17H26S/c1-5-7-9-14(3)16-11-8-10-15(12-16)13-17(6-2)18-4/h8,10-12,17H,3,5-7,9,13H2,1-2,4H3. The molecule has 0 saturated heterocycles. The molecule has 1 unspecified atom stereocenters. The summed E-state index contributed by atoms with van der Waals surface area (Å²) in [6, 6.07) is 8.95. The Bertz CT molecular complexity index is 364. The monoisotopic (exact) mass is 262 g/mol. The van der Waals surface area contributed by atoms with E-state index in [0.717, 1.165) is 11.7 Å². The normalized spacial score (nSPS) is 12.4. The zero-order valence-corrected chi connectivity index (χ0v) is 12.9. The lowest BCUT2D eigenvalue weighted by atomic mass is 9.98. The Morgan fingerprint density at radius 2 is 2.11 bits per heavy atom. The van der Waals surface area contributed by atoms with Crippen molar-refractivity contribution < 1.29 is 0 Å². The highest BCUT2D eigenvalue weighted by Gasteiger charge is 2.06. The predicted octanol–water partition coefficient (Wildman–Crippen LogP) is 5.57. The van der Waals surface area contributed by atoms with Crippen LogP contribution >= 0.6 is 11.8 Å². The van der Waals surface area contributed by atoms with Gasteiger partial charge in [0.2, 0.25) is 0 Å². The first-order chi connectivity index (χ1) is 8.71. The highest BCUT2D eigenvalue weighted by atomic mass is 32.2. The van der Waals surface area contributed by atoms with E-state index in [1.807, 2.05) is 11.8 Å². The first-order valence-electron chi connectivity index (χ1n) is 7.01. The Hall–Kier alpha value is -0.690. The van der Waals surface area contributed by atoms with Crippen LogP contribution in [0.15, 0.2) is 30.8 Å². The Kier molecular flexibility index (Phi) is 7.19. The Balaban J connectivity index is 2.69. The third-order valence-corrected chi connectivity index (χ3v) is 4.59. The molecule has 0 aliphatic rings. The Labute approximate surface area is 117 Å². The van der Waals surface area contributed by atoms with Gasteiger partial charge in [-0.05, 0) is 48.6 Å². The molecule has 0 N–H and O–H groups in total. The zero-order chi connectivity index (χ0) is 13.4. The van der Waals surface area contributed by atoms with E-state index in [1.54, 1.807) is 0 Å². The summed E-state index contributed by atoms with van der Waals surface area (Å²) in [5.41, 5.74) is 4.07. The molecule has 0 bridgehead atoms. The molecule has 0 nitrogen and oxygen atoms in total. The SMILES string of the molecule is C=C(CCCC)c1cccc(CC(CC)SC)c1. The highest BCUT2D eigenvalue weighted by molar-refractivity contribution is 7.99. The lowest BCUT2D eigenvalue weighted by Crippen LogP contribution is -2.04. The summed E-state index contributed by atoms with van der Waals surface area (Å²) in [5, 5.41) is 0.740. The van der Waals surface area contributed by atoms with Gasteiger partial charge in [-0.2, -0.15) is 11.8 Å². The second-order valence-electron chi connectivity index (χ2n) is 4.88. The molecule has 1 atom stereocenters. The molecule has 1 aromatic carbocycles. The lowest BCUT2D eigenvalue weighted by molar-refractivity contribution is 0.815. The molecule has 1 aromatic rings. The van der Waals surface area contributed by atoms with Gasteiger partial charge < -0.3 is 0 Å². The maximum atomic E-state index is 4.22. The van der Waals surface area contributed by atoms with E-state index in [4.69, 9.17) is 0 Å². The second kappa shape index (κ2) is 8.42. The molecule has 0 aliphatic carbocycles. The summed E-state index contributed by atoms with van der Waals surface area (Å²) in [4.78, 5) is 0. The van der Waals surface area contributed by atoms with Gasteiger partial charge in [-0.25, -0.2) is 0 Å². The molecule has 1 rings (SSSR count). The molecule has 0 heterocycles. The molecule has 0 aliphatic heterocycles. The molecule has 0 spiro atoms. The fourth-order valence-corrected chi connectivity index (χ4v) is 2.80. The van der Waals surface area contributed by atoms with Gasteiger partial charge >= 0.3 is 0 Å². The van der Waals surface area contributed by atoms with Crippen LogP contribution in [0.5, 0.6) is 0 Å². The van der Waals surface area contributed by atoms with Crippen molar-refractivity contribution in [3.63, 3.8) is 0 Å². The molecule has 100 valence electrons. The van der Waals surface area contributed by atoms with Crippen molar-refractivity contribution in [1.82, 2.24) is 0 Å². The summed E-state index contributed by atoms with van der Waals surface area (Å²) in [6.45, 7) is 8.72. The fourth-order valence-electron chi connectivity index (χ4n) is 2.11. The van der Waals surface area contributed by atoms with Crippen molar-refractivity contribution in [3.05, 3.63) is 42.0 Å². The van der Waals surface area contributed by atoms with Gasteiger partial charge in [0.1, 0.15) is 0 Å². The van der Waals surface area contributed by atoms with Gasteiger partial charge in [0.25, 0.3) is 0 Å². The van der Waals surface area contributed by atoms with E-state index < -0.39 is 0 Å². The maximum Gasteiger partial charge on any atom is 0.00820 e. The van der Waals surface area contributed by atoms with Crippen LogP contribution in [-0.4, -0.2) is 11.5 Å². The number of hydrogen-bond donors (Lipinski definition) is 0. The second-order valence-corrected chi connectivity index (χ2v) is 6.02. The number of benzene rings is 1. The van der Waals surface area contributed by atoms with Gasteiger partial charge in [-0.15, -0.1) is 0 Å². The van der Waals surface area contributed by atoms with Gasteiger partial charge in [0.05, 0.1) is 0 Å². The van der Waals surface area contributed by atoms with Crippen molar-refractivity contribution in [2.75, 3.05) is 6.26 Å². The van der Waals surface area contributed by atoms with Crippen molar-refractivity contribution in [3.8, 4) is 0 Å². The predicted molar refractivity (Wildman–Crippen MR) is 86.3 cm³/mol. The molecular weight excluding hydrogens is 236 g/mol. The minimum Gasteiger partial charge on any atom is -0.162 e. The average molecular weight is 262 g/mol. The fraction of sp³-hybridized carbons (Fsp3) is 0.529. The number of hydrogen-bond acceptors (Lipinski definition) is 1. The van der Waals surface area contributed by atoms with Crippen LogP contribution < -0.4 is 0 Å². The number of allylic oxidation sites excluding steroid dienone is 1. The third-order valence-electron chi connectivity index (χ3n) is 3.42. The summed E-state index contributed by atoms with van der Waals surface area (Å²) in [7, 11) is 0. The van der Waals surface area contributed by atoms with E-state index in [-0.39, 0.29) is 0 Å². The van der Waals surface area contributed by atoms with Crippen molar-refractivity contribution >= 4 is 17.3 Å². The summed E-state index contributed by atoms with van der Waals surface area (Å²) in [6.07, 6.45) is 8.22. The lowest BCUT2D eigenvalue weighted by Gasteiger charge is -2.13. The maximum absolute atomic E-state index is 4.22. The van der Waals surface area contributed by atoms with E-state index in [2.05, 4.69) is 50.9 Å². The van der Waals surface area contributed by atoms with Crippen LogP contribution in [0.25, 0.3) is 5.57 Å². The van der Waals surface area contributed by atoms with Crippen LogP contribution in [-0.2, 0) is 6.42 Å². The van der Waals surface area contributed by atoms with Crippen LogP contribution in [0, 0.1) is 0 Å². The first-order valence-corrected chi connectivity index (χ1v) is 8.29. The third kappa shape index (κ3) is 4.89. The number of rotatable bonds is 8. The van der Waals surface area contributed by atoms with E-state index in [1.165, 1.54) is 42.4 Å². The Morgan fingerprint density at radius 1 is 1.33 bits per heavy atom. The summed E-state index contributed by atoms with van der Waals surface area (Å²) >= 11 is 1.97. The number of unbranched alkanes of at least 4 members (excludes halogenated alkanes) is 1. The largest absolute Gasteiger partial charge is 0.162 e. The first kappa shape index (κ1) is 15.4. The minimum atomic E-state index is 0.740. The topological polar surface area (TPSA) is 0 Å². The van der Waals surface area contributed by atoms with Crippen LogP contribution in [0.2, 0.25) is 0 Å². The van der Waals surface area contributed by atoms with Gasteiger partial charge in [0.15, 0.2) is 0 Å². The van der Waals surface area contributed by atoms with Gasteiger partial charge in [-0.3, -0.25) is 0 Å². The molecule has 0 amide bonds. The molecular formula is C17H26S. The molecule has 0 radical (unpaired) electrons. The number of thioether (sulfide) groups is 1. The molecule has 18 heavy (non-hydrogen) atoms. The van der Waals surface area contributed by atoms with Crippen molar-refractivity contribution in [2.24, 2.45) is 0 Å². The van der Waals surface area contributed by atoms with Crippen LogP contribution in [0.1, 0.15) is 50.7 Å². The zero-order valence-electron chi connectivity index (χ0n) is 12.0. The van der Waals surface area contributed by atoms with Gasteiger partial charge in [-0.1, -0.05) is 51.1 Å². The minimum absolute atomic E-state index is 0.740. The Morgan fingerprint density at radius 3 is 2.72 bits per heavy atom. The summed E-state index contributed by atoms with van der Waals surface area (Å²) in [5.74, 6) is 0. The average Bonchev–Trinajstić information content (AvgIpc) is 2.42. The van der Waals surface area contributed by atoms with Crippen molar-refractivity contribution in [2.45, 2.75) is 51.2 Å². The molecule has 1 heteroatoms. The smallest absolute Gasteiger partial charge is 0.00820 e. The van der Waals surface area contributed by atoms with Crippen LogP contribution in [0.4, 0.5) is 0 Å².